The summed E-state index contributed by atoms with van der Waals surface area (Å²) in [5.41, 5.74) is 7.24. The fourth-order valence-electron chi connectivity index (χ4n) is 1.79. The average molecular weight is 309 g/mol. The molecule has 3 N–H and O–H groups in total. The lowest BCUT2D eigenvalue weighted by Gasteiger charge is -2.09. The van der Waals surface area contributed by atoms with Crippen molar-refractivity contribution in [1.82, 2.24) is 10.3 Å². The van der Waals surface area contributed by atoms with Gasteiger partial charge < -0.3 is 15.5 Å². The predicted molar refractivity (Wildman–Crippen MR) is 82.2 cm³/mol. The van der Waals surface area contributed by atoms with Gasteiger partial charge in [-0.2, -0.15) is 0 Å². The SMILES string of the molecule is CCCCNC(=O)C(C)S(=O)c1nc2ccc(N)cc2o1. The molecule has 0 spiro atoms. The van der Waals surface area contributed by atoms with Crippen LogP contribution in [0.1, 0.15) is 26.7 Å². The Hall–Kier alpha value is -1.89. The molecule has 0 fully saturated rings. The second kappa shape index (κ2) is 6.71. The quantitative estimate of drug-likeness (QED) is 0.626. The zero-order chi connectivity index (χ0) is 15.4. The zero-order valence-corrected chi connectivity index (χ0v) is 12.9. The third-order valence-corrected chi connectivity index (χ3v) is 4.46. The summed E-state index contributed by atoms with van der Waals surface area (Å²) in [6.45, 7) is 4.22. The van der Waals surface area contributed by atoms with Crippen LogP contribution in [0.25, 0.3) is 11.1 Å². The van der Waals surface area contributed by atoms with Crippen molar-refractivity contribution in [3.63, 3.8) is 0 Å². The molecule has 114 valence electrons. The van der Waals surface area contributed by atoms with Gasteiger partial charge in [-0.05, 0) is 25.5 Å². The first kappa shape index (κ1) is 15.5. The maximum absolute atomic E-state index is 12.3. The minimum absolute atomic E-state index is 0.0498. The summed E-state index contributed by atoms with van der Waals surface area (Å²) in [6, 6.07) is 5.01. The highest BCUT2D eigenvalue weighted by Gasteiger charge is 2.25. The molecule has 0 saturated heterocycles. The van der Waals surface area contributed by atoms with Crippen molar-refractivity contribution in [1.29, 1.82) is 0 Å². The number of nitrogens with two attached hydrogens (primary N) is 1. The van der Waals surface area contributed by atoms with Crippen molar-refractivity contribution in [2.75, 3.05) is 12.3 Å². The normalized spacial score (nSPS) is 14.0. The minimum Gasteiger partial charge on any atom is -0.430 e. The fourth-order valence-corrected chi connectivity index (χ4v) is 2.73. The fraction of sp³-hybridized carbons (Fsp3) is 0.429. The first-order chi connectivity index (χ1) is 10.0. The third kappa shape index (κ3) is 3.60. The minimum atomic E-state index is -1.63. The number of amides is 1. The molecule has 2 aromatic rings. The van der Waals surface area contributed by atoms with E-state index in [1.165, 1.54) is 0 Å². The smallest absolute Gasteiger partial charge is 0.288 e. The van der Waals surface area contributed by atoms with E-state index in [1.54, 1.807) is 25.1 Å². The number of carbonyl (C=O) groups excluding carboxylic acids is 1. The average Bonchev–Trinajstić information content (AvgIpc) is 2.88. The van der Waals surface area contributed by atoms with Crippen molar-refractivity contribution in [3.8, 4) is 0 Å². The number of hydrogen-bond acceptors (Lipinski definition) is 5. The maximum atomic E-state index is 12.3. The second-order valence-corrected chi connectivity index (χ2v) is 6.44. The number of nitrogen functional groups attached to an aromatic ring is 1. The molecule has 0 radical (unpaired) electrons. The topological polar surface area (TPSA) is 98.2 Å². The summed E-state index contributed by atoms with van der Waals surface area (Å²) in [6.07, 6.45) is 1.89. The zero-order valence-electron chi connectivity index (χ0n) is 12.1. The number of anilines is 1. The van der Waals surface area contributed by atoms with Crippen molar-refractivity contribution in [2.45, 2.75) is 37.2 Å². The number of unbranched alkanes of at least 4 members (excludes halogenated alkanes) is 1. The van der Waals surface area contributed by atoms with Crippen LogP contribution in [-0.4, -0.2) is 26.9 Å². The first-order valence-electron chi connectivity index (χ1n) is 6.87. The highest BCUT2D eigenvalue weighted by atomic mass is 32.2. The van der Waals surface area contributed by atoms with Gasteiger partial charge in [0.1, 0.15) is 21.6 Å². The van der Waals surface area contributed by atoms with E-state index in [-0.39, 0.29) is 11.1 Å². The molecule has 2 atom stereocenters. The van der Waals surface area contributed by atoms with E-state index in [4.69, 9.17) is 10.2 Å². The van der Waals surface area contributed by atoms with Gasteiger partial charge >= 0.3 is 0 Å². The predicted octanol–water partition coefficient (Wildman–Crippen LogP) is 1.82. The van der Waals surface area contributed by atoms with Gasteiger partial charge in [0.15, 0.2) is 5.58 Å². The number of hydrogen-bond donors (Lipinski definition) is 2. The van der Waals surface area contributed by atoms with Crippen LogP contribution in [0, 0.1) is 0 Å². The van der Waals surface area contributed by atoms with E-state index >= 15 is 0 Å². The van der Waals surface area contributed by atoms with Gasteiger partial charge in [0.25, 0.3) is 5.22 Å². The molecule has 6 nitrogen and oxygen atoms in total. The van der Waals surface area contributed by atoms with E-state index in [2.05, 4.69) is 10.3 Å². The van der Waals surface area contributed by atoms with Crippen molar-refractivity contribution >= 4 is 33.5 Å². The molecular formula is C14H19N3O3S. The van der Waals surface area contributed by atoms with E-state index < -0.39 is 16.0 Å². The number of nitrogens with one attached hydrogen (secondary N) is 1. The van der Waals surface area contributed by atoms with Crippen LogP contribution >= 0.6 is 0 Å². The van der Waals surface area contributed by atoms with Gasteiger partial charge in [0, 0.05) is 18.3 Å². The van der Waals surface area contributed by atoms with E-state index in [9.17, 15) is 9.00 Å². The van der Waals surface area contributed by atoms with Gasteiger partial charge in [0.2, 0.25) is 5.91 Å². The van der Waals surface area contributed by atoms with Crippen LogP contribution in [-0.2, 0) is 15.6 Å². The number of rotatable bonds is 6. The lowest BCUT2D eigenvalue weighted by Crippen LogP contribution is -2.36. The Bertz CT molecular complexity index is 669. The maximum Gasteiger partial charge on any atom is 0.288 e. The summed E-state index contributed by atoms with van der Waals surface area (Å²) in [7, 11) is -1.63. The van der Waals surface area contributed by atoms with Gasteiger partial charge in [0.05, 0.1) is 0 Å². The highest BCUT2D eigenvalue weighted by molar-refractivity contribution is 7.86. The summed E-state index contributed by atoms with van der Waals surface area (Å²) in [4.78, 5) is 16.1. The van der Waals surface area contributed by atoms with Gasteiger partial charge in [-0.1, -0.05) is 13.3 Å². The Morgan fingerprint density at radius 3 is 3.00 bits per heavy atom. The Morgan fingerprint density at radius 2 is 2.29 bits per heavy atom. The van der Waals surface area contributed by atoms with Gasteiger partial charge in [-0.15, -0.1) is 0 Å². The number of fused-ring (bicyclic) bond motifs is 1. The lowest BCUT2D eigenvalue weighted by molar-refractivity contribution is -0.120. The summed E-state index contributed by atoms with van der Waals surface area (Å²) >= 11 is 0. The Labute approximate surface area is 125 Å². The van der Waals surface area contributed by atoms with Crippen molar-refractivity contribution in [2.24, 2.45) is 0 Å². The van der Waals surface area contributed by atoms with Crippen LogP contribution in [0.3, 0.4) is 0 Å². The second-order valence-electron chi connectivity index (χ2n) is 4.79. The molecule has 1 aromatic carbocycles. The molecule has 1 aromatic heterocycles. The van der Waals surface area contributed by atoms with Crippen molar-refractivity contribution in [3.05, 3.63) is 18.2 Å². The number of oxazole rings is 1. The summed E-state index contributed by atoms with van der Waals surface area (Å²) in [5.74, 6) is -0.261. The molecule has 2 rings (SSSR count). The van der Waals surface area contributed by atoms with Crippen LogP contribution in [0.4, 0.5) is 5.69 Å². The Balaban J connectivity index is 2.11. The van der Waals surface area contributed by atoms with Crippen molar-refractivity contribution < 1.29 is 13.4 Å². The number of aromatic nitrogens is 1. The molecule has 0 aliphatic heterocycles. The summed E-state index contributed by atoms with van der Waals surface area (Å²) < 4.78 is 17.8. The number of benzene rings is 1. The molecule has 0 saturated carbocycles. The number of nitrogens with zero attached hydrogens (tertiary/aromatic N) is 1. The lowest BCUT2D eigenvalue weighted by atomic mass is 10.3. The number of carbonyl (C=O) groups is 1. The van der Waals surface area contributed by atoms with E-state index in [0.29, 0.717) is 23.3 Å². The molecule has 0 aliphatic rings. The molecule has 2 unspecified atom stereocenters. The largest absolute Gasteiger partial charge is 0.430 e. The van der Waals surface area contributed by atoms with Crippen LogP contribution in [0.2, 0.25) is 0 Å². The standard InChI is InChI=1S/C14H19N3O3S/c1-3-4-7-16-13(18)9(2)21(19)14-17-11-6-5-10(15)8-12(11)20-14/h5-6,8-9H,3-4,7,15H2,1-2H3,(H,16,18). The van der Waals surface area contributed by atoms with E-state index in [0.717, 1.165) is 12.8 Å². The molecule has 0 aliphatic carbocycles. The van der Waals surface area contributed by atoms with Crippen LogP contribution in [0.15, 0.2) is 27.8 Å². The summed E-state index contributed by atoms with van der Waals surface area (Å²) in [5, 5.41) is 2.09. The monoisotopic (exact) mass is 309 g/mol. The van der Waals surface area contributed by atoms with Gasteiger partial charge in [-0.3, -0.25) is 4.79 Å². The molecular weight excluding hydrogens is 290 g/mol. The molecule has 21 heavy (non-hydrogen) atoms. The van der Waals surface area contributed by atoms with Crippen LogP contribution < -0.4 is 11.1 Å². The van der Waals surface area contributed by atoms with Gasteiger partial charge in [-0.25, -0.2) is 9.19 Å². The molecule has 1 heterocycles. The Kier molecular flexibility index (Phi) is 4.95. The molecule has 0 bridgehead atoms. The Morgan fingerprint density at radius 1 is 1.52 bits per heavy atom. The van der Waals surface area contributed by atoms with E-state index in [1.807, 2.05) is 6.92 Å². The molecule has 7 heteroatoms. The van der Waals surface area contributed by atoms with Crippen LogP contribution in [0.5, 0.6) is 0 Å². The highest BCUT2D eigenvalue weighted by Crippen LogP contribution is 2.21. The third-order valence-electron chi connectivity index (χ3n) is 3.08. The molecule has 1 amide bonds. The first-order valence-corrected chi connectivity index (χ1v) is 8.08.